The van der Waals surface area contributed by atoms with Crippen LogP contribution in [-0.2, 0) is 11.3 Å². The zero-order chi connectivity index (χ0) is 17.4. The number of hydrogen-bond acceptors (Lipinski definition) is 5. The molecule has 0 atom stereocenters. The highest BCUT2D eigenvalue weighted by atomic mass is 35.5. The van der Waals surface area contributed by atoms with Crippen molar-refractivity contribution in [1.29, 1.82) is 5.26 Å². The van der Waals surface area contributed by atoms with Crippen molar-refractivity contribution in [2.45, 2.75) is 6.54 Å². The van der Waals surface area contributed by atoms with Crippen molar-refractivity contribution < 1.29 is 9.53 Å². The van der Waals surface area contributed by atoms with E-state index in [0.29, 0.717) is 23.0 Å². The van der Waals surface area contributed by atoms with Crippen LogP contribution in [-0.4, -0.2) is 18.0 Å². The number of anilines is 1. The SMILES string of the molecule is COc1ccc(N/C=C(/C#N)C(=O)NCc2cccnc2)cc1Cl. The highest BCUT2D eigenvalue weighted by Gasteiger charge is 2.09. The number of halogens is 1. The van der Waals surface area contributed by atoms with E-state index in [4.69, 9.17) is 21.6 Å². The maximum atomic E-state index is 12.0. The van der Waals surface area contributed by atoms with Crippen LogP contribution >= 0.6 is 11.6 Å². The number of carbonyl (C=O) groups is 1. The summed E-state index contributed by atoms with van der Waals surface area (Å²) in [7, 11) is 1.52. The van der Waals surface area contributed by atoms with Gasteiger partial charge in [-0.3, -0.25) is 9.78 Å². The van der Waals surface area contributed by atoms with Crippen molar-refractivity contribution >= 4 is 23.2 Å². The van der Waals surface area contributed by atoms with Crippen LogP contribution in [0.2, 0.25) is 5.02 Å². The van der Waals surface area contributed by atoms with Gasteiger partial charge < -0.3 is 15.4 Å². The molecule has 0 saturated heterocycles. The first-order valence-corrected chi connectivity index (χ1v) is 7.39. The van der Waals surface area contributed by atoms with Gasteiger partial charge in [0.2, 0.25) is 0 Å². The fraction of sp³-hybridized carbons (Fsp3) is 0.118. The van der Waals surface area contributed by atoms with Crippen molar-refractivity contribution in [2.75, 3.05) is 12.4 Å². The van der Waals surface area contributed by atoms with E-state index in [1.807, 2.05) is 12.1 Å². The van der Waals surface area contributed by atoms with Crippen molar-refractivity contribution in [3.63, 3.8) is 0 Å². The fourth-order valence-corrected chi connectivity index (χ4v) is 2.10. The Kier molecular flexibility index (Phi) is 6.17. The van der Waals surface area contributed by atoms with Crippen LogP contribution in [0.4, 0.5) is 5.69 Å². The lowest BCUT2D eigenvalue weighted by Crippen LogP contribution is -2.24. The number of rotatable bonds is 6. The first-order chi connectivity index (χ1) is 11.6. The quantitative estimate of drug-likeness (QED) is 0.622. The van der Waals surface area contributed by atoms with Crippen molar-refractivity contribution in [2.24, 2.45) is 0 Å². The third kappa shape index (κ3) is 4.73. The van der Waals surface area contributed by atoms with E-state index in [1.54, 1.807) is 36.7 Å². The number of carbonyl (C=O) groups excluding carboxylic acids is 1. The van der Waals surface area contributed by atoms with Crippen molar-refractivity contribution in [1.82, 2.24) is 10.3 Å². The third-order valence-electron chi connectivity index (χ3n) is 3.08. The Morgan fingerprint density at radius 1 is 1.46 bits per heavy atom. The Bertz CT molecular complexity index is 785. The summed E-state index contributed by atoms with van der Waals surface area (Å²) in [5.41, 5.74) is 1.43. The van der Waals surface area contributed by atoms with Gasteiger partial charge in [0, 0.05) is 30.8 Å². The molecule has 7 heteroatoms. The second kappa shape index (κ2) is 8.56. The molecular weight excluding hydrogens is 328 g/mol. The maximum absolute atomic E-state index is 12.0. The van der Waals surface area contributed by atoms with Gasteiger partial charge in [-0.15, -0.1) is 0 Å². The Labute approximate surface area is 144 Å². The van der Waals surface area contributed by atoms with Gasteiger partial charge >= 0.3 is 0 Å². The molecule has 0 fully saturated rings. The summed E-state index contributed by atoms with van der Waals surface area (Å²) in [6.45, 7) is 0.292. The molecule has 2 rings (SSSR count). The summed E-state index contributed by atoms with van der Waals surface area (Å²) in [5.74, 6) is 0.0642. The van der Waals surface area contributed by atoms with E-state index in [2.05, 4.69) is 15.6 Å². The summed E-state index contributed by atoms with van der Waals surface area (Å²) < 4.78 is 5.06. The average Bonchev–Trinajstić information content (AvgIpc) is 2.61. The van der Waals surface area contributed by atoms with Gasteiger partial charge in [0.25, 0.3) is 5.91 Å². The van der Waals surface area contributed by atoms with E-state index < -0.39 is 5.91 Å². The zero-order valence-electron chi connectivity index (χ0n) is 12.9. The highest BCUT2D eigenvalue weighted by molar-refractivity contribution is 6.32. The molecule has 1 aromatic heterocycles. The average molecular weight is 343 g/mol. The number of nitrogens with zero attached hydrogens (tertiary/aromatic N) is 2. The number of pyridine rings is 1. The fourth-order valence-electron chi connectivity index (χ4n) is 1.84. The molecule has 0 spiro atoms. The molecule has 0 aliphatic carbocycles. The molecule has 0 saturated carbocycles. The molecule has 1 aromatic carbocycles. The van der Waals surface area contributed by atoms with Crippen molar-refractivity contribution in [3.05, 3.63) is 65.1 Å². The molecule has 0 radical (unpaired) electrons. The summed E-state index contributed by atoms with van der Waals surface area (Å²) in [5, 5.41) is 15.1. The van der Waals surface area contributed by atoms with Crippen LogP contribution in [0.5, 0.6) is 5.75 Å². The number of benzene rings is 1. The Morgan fingerprint density at radius 3 is 2.92 bits per heavy atom. The summed E-state index contributed by atoms with van der Waals surface area (Å²) >= 11 is 6.02. The standard InChI is InChI=1S/C17H15ClN4O2/c1-24-16-5-4-14(7-15(16)18)21-11-13(8-19)17(23)22-10-12-3-2-6-20-9-12/h2-7,9,11,21H,10H2,1H3,(H,22,23)/b13-11-. The minimum atomic E-state index is -0.478. The lowest BCUT2D eigenvalue weighted by Gasteiger charge is -2.07. The molecule has 2 aromatic rings. The Balaban J connectivity index is 1.99. The maximum Gasteiger partial charge on any atom is 0.263 e. The Hall–Kier alpha value is -3.04. The number of nitrogens with one attached hydrogen (secondary N) is 2. The monoisotopic (exact) mass is 342 g/mol. The topological polar surface area (TPSA) is 87.0 Å². The molecule has 0 bridgehead atoms. The van der Waals surface area contributed by atoms with Gasteiger partial charge in [-0.2, -0.15) is 5.26 Å². The summed E-state index contributed by atoms with van der Waals surface area (Å²) in [4.78, 5) is 16.0. The molecule has 6 nitrogen and oxygen atoms in total. The first kappa shape index (κ1) is 17.3. The molecule has 0 aliphatic heterocycles. The van der Waals surface area contributed by atoms with Crippen LogP contribution in [0.1, 0.15) is 5.56 Å². The van der Waals surface area contributed by atoms with Gasteiger partial charge in [0.05, 0.1) is 12.1 Å². The second-order valence-electron chi connectivity index (χ2n) is 4.71. The molecule has 1 heterocycles. The lowest BCUT2D eigenvalue weighted by atomic mass is 10.2. The number of nitriles is 1. The van der Waals surface area contributed by atoms with Crippen LogP contribution in [0.3, 0.4) is 0 Å². The van der Waals surface area contributed by atoms with E-state index in [1.165, 1.54) is 13.3 Å². The van der Waals surface area contributed by atoms with E-state index in [-0.39, 0.29) is 5.57 Å². The van der Waals surface area contributed by atoms with E-state index in [9.17, 15) is 4.79 Å². The zero-order valence-corrected chi connectivity index (χ0v) is 13.7. The van der Waals surface area contributed by atoms with Gasteiger partial charge in [-0.25, -0.2) is 0 Å². The number of methoxy groups -OCH3 is 1. The van der Waals surface area contributed by atoms with Gasteiger partial charge in [0.15, 0.2) is 0 Å². The summed E-state index contributed by atoms with van der Waals surface area (Å²) in [6.07, 6.45) is 4.63. The number of amides is 1. The first-order valence-electron chi connectivity index (χ1n) is 7.01. The van der Waals surface area contributed by atoms with Gasteiger partial charge in [-0.1, -0.05) is 17.7 Å². The van der Waals surface area contributed by atoms with Crippen LogP contribution in [0.15, 0.2) is 54.5 Å². The number of aromatic nitrogens is 1. The number of hydrogen-bond donors (Lipinski definition) is 2. The predicted octanol–water partition coefficient (Wildman–Crippen LogP) is 2.88. The highest BCUT2D eigenvalue weighted by Crippen LogP contribution is 2.27. The van der Waals surface area contributed by atoms with Crippen LogP contribution in [0, 0.1) is 11.3 Å². The van der Waals surface area contributed by atoms with Crippen LogP contribution < -0.4 is 15.4 Å². The predicted molar refractivity (Wildman–Crippen MR) is 91.4 cm³/mol. The second-order valence-corrected chi connectivity index (χ2v) is 5.11. The third-order valence-corrected chi connectivity index (χ3v) is 3.37. The molecule has 0 aliphatic rings. The van der Waals surface area contributed by atoms with Gasteiger partial charge in [0.1, 0.15) is 17.4 Å². The molecule has 0 unspecified atom stereocenters. The van der Waals surface area contributed by atoms with Crippen molar-refractivity contribution in [3.8, 4) is 11.8 Å². The number of ether oxygens (including phenoxy) is 1. The molecule has 1 amide bonds. The molecular formula is C17H15ClN4O2. The minimum Gasteiger partial charge on any atom is -0.495 e. The summed E-state index contributed by atoms with van der Waals surface area (Å²) in [6, 6.07) is 10.5. The molecule has 24 heavy (non-hydrogen) atoms. The largest absolute Gasteiger partial charge is 0.495 e. The minimum absolute atomic E-state index is 0.0502. The van der Waals surface area contributed by atoms with Gasteiger partial charge in [-0.05, 0) is 29.8 Å². The van der Waals surface area contributed by atoms with E-state index in [0.717, 1.165) is 5.56 Å². The molecule has 2 N–H and O–H groups in total. The molecule has 122 valence electrons. The lowest BCUT2D eigenvalue weighted by molar-refractivity contribution is -0.117. The Morgan fingerprint density at radius 2 is 2.29 bits per heavy atom. The normalized spacial score (nSPS) is 10.6. The van der Waals surface area contributed by atoms with Crippen LogP contribution in [0.25, 0.3) is 0 Å². The smallest absolute Gasteiger partial charge is 0.263 e. The van der Waals surface area contributed by atoms with E-state index >= 15 is 0 Å².